The fourth-order valence-electron chi connectivity index (χ4n) is 1.76. The van der Waals surface area contributed by atoms with Gasteiger partial charge in [-0.2, -0.15) is 0 Å². The van der Waals surface area contributed by atoms with Crippen molar-refractivity contribution in [3.63, 3.8) is 0 Å². The normalized spacial score (nSPS) is 23.1. The number of phenolic OH excluding ortho intramolecular Hbond substituents is 2. The Morgan fingerprint density at radius 3 is 2.71 bits per heavy atom. The van der Waals surface area contributed by atoms with E-state index in [-0.39, 0.29) is 29.3 Å². The topological polar surface area (TPSA) is 79.1 Å². The van der Waals surface area contributed by atoms with Crippen molar-refractivity contribution in [2.24, 2.45) is 4.99 Å². The zero-order chi connectivity index (χ0) is 12.6. The number of hydrogen-bond acceptors (Lipinski definition) is 5. The van der Waals surface area contributed by atoms with E-state index in [1.807, 2.05) is 0 Å². The van der Waals surface area contributed by atoms with Gasteiger partial charge >= 0.3 is 0 Å². The van der Waals surface area contributed by atoms with Gasteiger partial charge in [0.05, 0.1) is 5.56 Å². The number of aliphatic imine (C=N–C) groups is 1. The summed E-state index contributed by atoms with van der Waals surface area (Å²) in [7, 11) is 0. The summed E-state index contributed by atoms with van der Waals surface area (Å²) in [5.41, 5.74) is 0.292. The first kappa shape index (κ1) is 11.4. The summed E-state index contributed by atoms with van der Waals surface area (Å²) in [6.07, 6.45) is -0.357. The number of nitrogens with zero attached hydrogens (tertiary/aromatic N) is 1. The lowest BCUT2D eigenvalue weighted by atomic mass is 10.1. The second-order valence-electron chi connectivity index (χ2n) is 3.99. The van der Waals surface area contributed by atoms with Crippen LogP contribution in [-0.2, 0) is 9.53 Å². The summed E-state index contributed by atoms with van der Waals surface area (Å²) < 4.78 is 5.42. The summed E-state index contributed by atoms with van der Waals surface area (Å²) in [6, 6.07) is 3.96. The molecule has 0 spiro atoms. The molecule has 0 saturated carbocycles. The molecular weight excluding hydrogens is 222 g/mol. The average molecular weight is 235 g/mol. The van der Waals surface area contributed by atoms with E-state index in [1.165, 1.54) is 13.0 Å². The van der Waals surface area contributed by atoms with Crippen molar-refractivity contribution < 1.29 is 19.7 Å². The van der Waals surface area contributed by atoms with Crippen LogP contribution in [0, 0.1) is 0 Å². The number of Topliss-reactive ketones (excluding diaryl/α,β-unsaturated/α-hetero) is 1. The number of phenols is 2. The van der Waals surface area contributed by atoms with Gasteiger partial charge in [-0.25, -0.2) is 4.99 Å². The Labute approximate surface area is 98.4 Å². The number of carbonyl (C=O) groups excluding carboxylic acids is 1. The van der Waals surface area contributed by atoms with Crippen LogP contribution in [0.25, 0.3) is 0 Å². The quantitative estimate of drug-likeness (QED) is 0.755. The highest BCUT2D eigenvalue weighted by Crippen LogP contribution is 2.31. The third-order valence-corrected chi connectivity index (χ3v) is 2.66. The fraction of sp³-hybridized carbons (Fsp3) is 0.333. The maximum atomic E-state index is 11.3. The largest absolute Gasteiger partial charge is 0.504 e. The molecule has 0 fully saturated rings. The van der Waals surface area contributed by atoms with Crippen LogP contribution in [0.3, 0.4) is 0 Å². The number of carbonyl (C=O) groups is 1. The Balaban J connectivity index is 2.39. The van der Waals surface area contributed by atoms with Crippen LogP contribution in [0.4, 0.5) is 0 Å². The molecule has 2 N–H and O–H groups in total. The van der Waals surface area contributed by atoms with Crippen molar-refractivity contribution in [1.29, 1.82) is 0 Å². The molecular formula is C12H13NO4. The minimum atomic E-state index is -0.549. The summed E-state index contributed by atoms with van der Waals surface area (Å²) in [6.45, 7) is 3.18. The summed E-state index contributed by atoms with van der Waals surface area (Å²) in [5, 5.41) is 19.0. The molecule has 2 atom stereocenters. The molecule has 90 valence electrons. The van der Waals surface area contributed by atoms with E-state index < -0.39 is 6.04 Å². The predicted octanol–water partition coefficient (Wildman–Crippen LogP) is 1.22. The molecule has 0 aromatic heterocycles. The molecule has 0 unspecified atom stereocenters. The van der Waals surface area contributed by atoms with Crippen LogP contribution in [0.5, 0.6) is 11.5 Å². The van der Waals surface area contributed by atoms with E-state index in [0.29, 0.717) is 5.56 Å². The van der Waals surface area contributed by atoms with E-state index in [2.05, 4.69) is 4.99 Å². The standard InChI is InChI=1S/C12H13NO4/c1-6(14)10-7(2)17-12(13-10)8-4-3-5-9(15)11(8)16/h3-5,7,10,15-16H,1-2H3/t7-,10-/m1/s1. The molecule has 1 aliphatic rings. The maximum Gasteiger partial charge on any atom is 0.221 e. The van der Waals surface area contributed by atoms with Gasteiger partial charge < -0.3 is 14.9 Å². The van der Waals surface area contributed by atoms with Crippen molar-refractivity contribution in [1.82, 2.24) is 0 Å². The molecule has 0 amide bonds. The zero-order valence-electron chi connectivity index (χ0n) is 9.54. The number of hydrogen-bond donors (Lipinski definition) is 2. The first-order chi connectivity index (χ1) is 8.00. The first-order valence-electron chi connectivity index (χ1n) is 5.27. The minimum absolute atomic E-state index is 0.0906. The molecule has 1 aromatic carbocycles. The van der Waals surface area contributed by atoms with Gasteiger partial charge in [0.25, 0.3) is 0 Å². The summed E-state index contributed by atoms with van der Waals surface area (Å²) in [4.78, 5) is 15.4. The molecule has 0 saturated heterocycles. The molecule has 0 bridgehead atoms. The Hall–Kier alpha value is -2.04. The number of benzene rings is 1. The highest BCUT2D eigenvalue weighted by molar-refractivity contribution is 6.01. The lowest BCUT2D eigenvalue weighted by Crippen LogP contribution is -2.25. The second-order valence-corrected chi connectivity index (χ2v) is 3.99. The van der Waals surface area contributed by atoms with Crippen molar-refractivity contribution >= 4 is 11.7 Å². The van der Waals surface area contributed by atoms with Gasteiger partial charge in [-0.3, -0.25) is 4.79 Å². The molecule has 1 aromatic rings. The number of ketones is 1. The van der Waals surface area contributed by atoms with Crippen LogP contribution in [-0.4, -0.2) is 34.0 Å². The van der Waals surface area contributed by atoms with Gasteiger partial charge in [-0.05, 0) is 26.0 Å². The van der Waals surface area contributed by atoms with E-state index in [0.717, 1.165) is 0 Å². The first-order valence-corrected chi connectivity index (χ1v) is 5.27. The maximum absolute atomic E-state index is 11.3. The fourth-order valence-corrected chi connectivity index (χ4v) is 1.76. The van der Waals surface area contributed by atoms with Crippen LogP contribution >= 0.6 is 0 Å². The average Bonchev–Trinajstić information content (AvgIpc) is 2.64. The third-order valence-electron chi connectivity index (χ3n) is 2.66. The number of rotatable bonds is 2. The molecule has 0 aliphatic carbocycles. The number of aromatic hydroxyl groups is 2. The van der Waals surface area contributed by atoms with Gasteiger partial charge in [-0.15, -0.1) is 0 Å². The van der Waals surface area contributed by atoms with Gasteiger partial charge in [0.2, 0.25) is 5.90 Å². The van der Waals surface area contributed by atoms with Gasteiger partial charge in [0.15, 0.2) is 17.3 Å². The lowest BCUT2D eigenvalue weighted by Gasteiger charge is -2.10. The molecule has 0 radical (unpaired) electrons. The van der Waals surface area contributed by atoms with E-state index in [4.69, 9.17) is 4.74 Å². The second kappa shape index (κ2) is 4.08. The predicted molar refractivity (Wildman–Crippen MR) is 61.3 cm³/mol. The van der Waals surface area contributed by atoms with Gasteiger partial charge in [-0.1, -0.05) is 6.07 Å². The van der Waals surface area contributed by atoms with Gasteiger partial charge in [0.1, 0.15) is 12.1 Å². The highest BCUT2D eigenvalue weighted by atomic mass is 16.5. The Morgan fingerprint density at radius 2 is 2.12 bits per heavy atom. The minimum Gasteiger partial charge on any atom is -0.504 e. The van der Waals surface area contributed by atoms with E-state index in [9.17, 15) is 15.0 Å². The molecule has 1 aliphatic heterocycles. The third kappa shape index (κ3) is 1.95. The van der Waals surface area contributed by atoms with Crippen molar-refractivity contribution in [3.8, 4) is 11.5 Å². The Kier molecular flexibility index (Phi) is 2.75. The van der Waals surface area contributed by atoms with Crippen LogP contribution in [0.1, 0.15) is 19.4 Å². The smallest absolute Gasteiger partial charge is 0.221 e. The molecule has 5 heteroatoms. The molecule has 2 rings (SSSR count). The van der Waals surface area contributed by atoms with Crippen LogP contribution in [0.2, 0.25) is 0 Å². The summed E-state index contributed by atoms with van der Waals surface area (Å²) in [5.74, 6) is -0.436. The molecule has 5 nitrogen and oxygen atoms in total. The van der Waals surface area contributed by atoms with Crippen LogP contribution in [0.15, 0.2) is 23.2 Å². The molecule has 17 heavy (non-hydrogen) atoms. The Morgan fingerprint density at radius 1 is 1.41 bits per heavy atom. The number of ether oxygens (including phenoxy) is 1. The lowest BCUT2D eigenvalue weighted by molar-refractivity contribution is -0.119. The SMILES string of the molecule is CC(=O)[C@H]1N=C(c2cccc(O)c2O)O[C@@H]1C. The number of para-hydroxylation sites is 1. The van der Waals surface area contributed by atoms with Crippen LogP contribution < -0.4 is 0 Å². The zero-order valence-corrected chi connectivity index (χ0v) is 9.54. The van der Waals surface area contributed by atoms with Crippen molar-refractivity contribution in [3.05, 3.63) is 23.8 Å². The van der Waals surface area contributed by atoms with Crippen molar-refractivity contribution in [2.75, 3.05) is 0 Å². The van der Waals surface area contributed by atoms with E-state index >= 15 is 0 Å². The van der Waals surface area contributed by atoms with Gasteiger partial charge in [0, 0.05) is 0 Å². The molecule has 1 heterocycles. The highest BCUT2D eigenvalue weighted by Gasteiger charge is 2.32. The Bertz CT molecular complexity index is 495. The van der Waals surface area contributed by atoms with Crippen molar-refractivity contribution in [2.45, 2.75) is 26.0 Å². The monoisotopic (exact) mass is 235 g/mol. The summed E-state index contributed by atoms with van der Waals surface area (Å²) >= 11 is 0. The van der Waals surface area contributed by atoms with E-state index in [1.54, 1.807) is 19.1 Å².